The fourth-order valence-corrected chi connectivity index (χ4v) is 3.47. The number of rotatable bonds is 12. The van der Waals surface area contributed by atoms with E-state index in [1.54, 1.807) is 0 Å². The molecule has 0 saturated heterocycles. The van der Waals surface area contributed by atoms with Gasteiger partial charge in [0.25, 0.3) is 10.1 Å². The first-order valence-corrected chi connectivity index (χ1v) is 11.2. The van der Waals surface area contributed by atoms with Crippen LogP contribution in [-0.2, 0) is 21.3 Å². The fraction of sp³-hybridized carbons (Fsp3) is 0.409. The molecule has 0 saturated carbocycles. The van der Waals surface area contributed by atoms with Crippen molar-refractivity contribution in [3.05, 3.63) is 60.2 Å². The van der Waals surface area contributed by atoms with Crippen molar-refractivity contribution < 1.29 is 22.5 Å². The second-order valence-corrected chi connectivity index (χ2v) is 8.30. The Balaban J connectivity index is 1.49. The Morgan fingerprint density at radius 1 is 0.786 bits per heavy atom. The first kappa shape index (κ1) is 22.1. The Kier molecular flexibility index (Phi) is 9.17. The molecule has 0 aliphatic rings. The van der Waals surface area contributed by atoms with E-state index < -0.39 is 10.1 Å². The van der Waals surface area contributed by atoms with Crippen molar-refractivity contribution in [2.45, 2.75) is 62.7 Å². The first-order chi connectivity index (χ1) is 13.4. The predicted octanol–water partition coefficient (Wildman–Crippen LogP) is 5.20. The Morgan fingerprint density at radius 2 is 1.36 bits per heavy atom. The molecular weight excluding hydrogens is 376 g/mol. The first-order valence-electron chi connectivity index (χ1n) is 9.77. The van der Waals surface area contributed by atoms with Crippen LogP contribution < -0.4 is 4.74 Å². The zero-order valence-electron chi connectivity index (χ0n) is 16.0. The van der Waals surface area contributed by atoms with Crippen molar-refractivity contribution in [1.29, 1.82) is 0 Å². The van der Waals surface area contributed by atoms with E-state index in [2.05, 4.69) is 24.3 Å². The molecule has 1 N–H and O–H groups in total. The average molecular weight is 405 g/mol. The SMILES string of the molecule is O=C(CCCCCCCCCc1ccccc1)Oc1ccc(S(=O)(=O)O)cc1. The van der Waals surface area contributed by atoms with Crippen molar-refractivity contribution >= 4 is 16.1 Å². The molecule has 2 rings (SSSR count). The van der Waals surface area contributed by atoms with Crippen LogP contribution in [0, 0.1) is 0 Å². The normalized spacial score (nSPS) is 11.3. The van der Waals surface area contributed by atoms with E-state index >= 15 is 0 Å². The highest BCUT2D eigenvalue weighted by Crippen LogP contribution is 2.17. The molecule has 0 fully saturated rings. The Morgan fingerprint density at radius 3 is 1.96 bits per heavy atom. The minimum Gasteiger partial charge on any atom is -0.427 e. The molecule has 0 atom stereocenters. The topological polar surface area (TPSA) is 80.7 Å². The third kappa shape index (κ3) is 8.67. The lowest BCUT2D eigenvalue weighted by Gasteiger charge is -2.05. The van der Waals surface area contributed by atoms with Crippen LogP contribution in [0.5, 0.6) is 5.75 Å². The zero-order chi connectivity index (χ0) is 20.2. The fourth-order valence-electron chi connectivity index (χ4n) is 2.99. The van der Waals surface area contributed by atoms with Crippen LogP contribution >= 0.6 is 0 Å². The van der Waals surface area contributed by atoms with E-state index in [9.17, 15) is 13.2 Å². The Bertz CT molecular complexity index is 814. The number of carbonyl (C=O) groups is 1. The summed E-state index contributed by atoms with van der Waals surface area (Å²) in [6.07, 6.45) is 9.22. The molecule has 0 bridgehead atoms. The van der Waals surface area contributed by atoms with E-state index in [1.807, 2.05) is 6.07 Å². The maximum absolute atomic E-state index is 11.8. The molecule has 0 heterocycles. The summed E-state index contributed by atoms with van der Waals surface area (Å²) >= 11 is 0. The molecule has 28 heavy (non-hydrogen) atoms. The summed E-state index contributed by atoms with van der Waals surface area (Å²) in [5.74, 6) is -0.0571. The monoisotopic (exact) mass is 404 g/mol. The van der Waals surface area contributed by atoms with Gasteiger partial charge in [-0.3, -0.25) is 9.35 Å². The third-order valence-electron chi connectivity index (χ3n) is 4.54. The largest absolute Gasteiger partial charge is 0.427 e. The minimum absolute atomic E-state index is 0.226. The molecule has 0 aromatic heterocycles. The zero-order valence-corrected chi connectivity index (χ0v) is 16.9. The van der Waals surface area contributed by atoms with E-state index in [-0.39, 0.29) is 16.6 Å². The van der Waals surface area contributed by atoms with Gasteiger partial charge in [0.05, 0.1) is 4.90 Å². The maximum atomic E-state index is 11.8. The Labute approximate surface area is 167 Å². The van der Waals surface area contributed by atoms with Gasteiger partial charge in [0.15, 0.2) is 0 Å². The second kappa shape index (κ2) is 11.6. The summed E-state index contributed by atoms with van der Waals surface area (Å²) in [5, 5.41) is 0. The lowest BCUT2D eigenvalue weighted by atomic mass is 10.0. The molecule has 0 aliphatic carbocycles. The third-order valence-corrected chi connectivity index (χ3v) is 5.41. The highest BCUT2D eigenvalue weighted by molar-refractivity contribution is 7.85. The number of hydrogen-bond acceptors (Lipinski definition) is 4. The van der Waals surface area contributed by atoms with Crippen LogP contribution in [0.2, 0.25) is 0 Å². The van der Waals surface area contributed by atoms with Crippen LogP contribution in [0.25, 0.3) is 0 Å². The van der Waals surface area contributed by atoms with Crippen molar-refractivity contribution in [3.8, 4) is 5.75 Å². The van der Waals surface area contributed by atoms with Gasteiger partial charge in [-0.05, 0) is 49.1 Å². The maximum Gasteiger partial charge on any atom is 0.311 e. The number of aryl methyl sites for hydroxylation is 1. The lowest BCUT2D eigenvalue weighted by Crippen LogP contribution is -2.07. The van der Waals surface area contributed by atoms with Crippen molar-refractivity contribution in [2.75, 3.05) is 0 Å². The summed E-state index contributed by atoms with van der Waals surface area (Å²) < 4.78 is 36.0. The number of esters is 1. The van der Waals surface area contributed by atoms with Crippen LogP contribution in [0.15, 0.2) is 59.5 Å². The number of benzene rings is 2. The summed E-state index contributed by atoms with van der Waals surface area (Å²) in [5.41, 5.74) is 1.40. The summed E-state index contributed by atoms with van der Waals surface area (Å²) in [7, 11) is -4.23. The van der Waals surface area contributed by atoms with Crippen LogP contribution in [0.4, 0.5) is 0 Å². The molecular formula is C22H28O5S. The summed E-state index contributed by atoms with van der Waals surface area (Å²) in [6, 6.07) is 15.7. The molecule has 0 unspecified atom stereocenters. The molecule has 0 radical (unpaired) electrons. The van der Waals surface area contributed by atoms with Gasteiger partial charge in [-0.1, -0.05) is 62.4 Å². The van der Waals surface area contributed by atoms with Gasteiger partial charge in [-0.25, -0.2) is 0 Å². The standard InChI is InChI=1S/C22H28O5S/c23-22(27-20-15-17-21(18-16-20)28(24,25)26)14-10-5-3-1-2-4-7-11-19-12-8-6-9-13-19/h6,8-9,12-13,15-18H,1-5,7,10-11,14H2,(H,24,25,26). The van der Waals surface area contributed by atoms with E-state index in [4.69, 9.17) is 9.29 Å². The highest BCUT2D eigenvalue weighted by atomic mass is 32.2. The van der Waals surface area contributed by atoms with E-state index in [0.29, 0.717) is 6.42 Å². The van der Waals surface area contributed by atoms with Gasteiger partial charge in [0.2, 0.25) is 0 Å². The molecule has 6 heteroatoms. The molecule has 2 aromatic rings. The van der Waals surface area contributed by atoms with Crippen LogP contribution in [0.3, 0.4) is 0 Å². The molecule has 0 amide bonds. The van der Waals surface area contributed by atoms with E-state index in [0.717, 1.165) is 25.7 Å². The number of unbranched alkanes of at least 4 members (excludes halogenated alkanes) is 6. The number of carbonyl (C=O) groups excluding carboxylic acids is 1. The van der Waals surface area contributed by atoms with Gasteiger partial charge in [0.1, 0.15) is 5.75 Å². The number of hydrogen-bond donors (Lipinski definition) is 1. The molecule has 152 valence electrons. The van der Waals surface area contributed by atoms with E-state index in [1.165, 1.54) is 55.5 Å². The van der Waals surface area contributed by atoms with Gasteiger partial charge >= 0.3 is 5.97 Å². The minimum atomic E-state index is -4.23. The average Bonchev–Trinajstić information content (AvgIpc) is 2.67. The predicted molar refractivity (Wildman–Crippen MR) is 109 cm³/mol. The van der Waals surface area contributed by atoms with Gasteiger partial charge in [-0.15, -0.1) is 0 Å². The van der Waals surface area contributed by atoms with Gasteiger partial charge in [0, 0.05) is 6.42 Å². The smallest absolute Gasteiger partial charge is 0.311 e. The van der Waals surface area contributed by atoms with Gasteiger partial charge < -0.3 is 4.74 Å². The van der Waals surface area contributed by atoms with Crippen LogP contribution in [0.1, 0.15) is 56.9 Å². The highest BCUT2D eigenvalue weighted by Gasteiger charge is 2.10. The van der Waals surface area contributed by atoms with Crippen molar-refractivity contribution in [3.63, 3.8) is 0 Å². The molecule has 2 aromatic carbocycles. The Hall–Kier alpha value is -2.18. The number of ether oxygens (including phenoxy) is 1. The van der Waals surface area contributed by atoms with Gasteiger partial charge in [-0.2, -0.15) is 8.42 Å². The second-order valence-electron chi connectivity index (χ2n) is 6.88. The molecule has 0 aliphatic heterocycles. The van der Waals surface area contributed by atoms with Crippen molar-refractivity contribution in [2.24, 2.45) is 0 Å². The quantitative estimate of drug-likeness (QED) is 0.227. The van der Waals surface area contributed by atoms with Crippen LogP contribution in [-0.4, -0.2) is 18.9 Å². The van der Waals surface area contributed by atoms with Crippen molar-refractivity contribution in [1.82, 2.24) is 0 Å². The summed E-state index contributed by atoms with van der Waals surface area (Å²) in [4.78, 5) is 11.6. The molecule has 0 spiro atoms. The lowest BCUT2D eigenvalue weighted by molar-refractivity contribution is -0.134. The molecule has 5 nitrogen and oxygen atoms in total. The summed E-state index contributed by atoms with van der Waals surface area (Å²) in [6.45, 7) is 0.